The number of ether oxygens (including phenoxy) is 2. The molecule has 0 radical (unpaired) electrons. The summed E-state index contributed by atoms with van der Waals surface area (Å²) in [6.45, 7) is 4.56. The van der Waals surface area contributed by atoms with E-state index in [-0.39, 0.29) is 36.4 Å². The van der Waals surface area contributed by atoms with Crippen molar-refractivity contribution < 1.29 is 19.4 Å². The summed E-state index contributed by atoms with van der Waals surface area (Å²) in [4.78, 5) is 11.8. The summed E-state index contributed by atoms with van der Waals surface area (Å²) in [6.07, 6.45) is 3.45. The Kier molecular flexibility index (Phi) is 5.02. The van der Waals surface area contributed by atoms with Crippen LogP contribution in [-0.4, -0.2) is 60.2 Å². The SMILES string of the molecule is CC(C)NC(=O)C[C@@H]1C[C@H]2O[C@H](CNC3CCC3)[C@@H](O)[C@H]2O1. The fraction of sp³-hybridized carbons (Fsp3) is 0.938. The zero-order chi connectivity index (χ0) is 15.7. The number of hydrogen-bond acceptors (Lipinski definition) is 5. The third-order valence-corrected chi connectivity index (χ3v) is 4.85. The van der Waals surface area contributed by atoms with Crippen LogP contribution in [0.3, 0.4) is 0 Å². The summed E-state index contributed by atoms with van der Waals surface area (Å²) in [5.41, 5.74) is 0. The maximum Gasteiger partial charge on any atom is 0.222 e. The van der Waals surface area contributed by atoms with E-state index >= 15 is 0 Å². The molecule has 2 saturated heterocycles. The number of hydrogen-bond donors (Lipinski definition) is 3. The van der Waals surface area contributed by atoms with Crippen molar-refractivity contribution in [1.82, 2.24) is 10.6 Å². The van der Waals surface area contributed by atoms with Gasteiger partial charge in [-0.05, 0) is 26.7 Å². The second-order valence-electron chi connectivity index (χ2n) is 7.12. The quantitative estimate of drug-likeness (QED) is 0.659. The van der Waals surface area contributed by atoms with Gasteiger partial charge in [0.15, 0.2) is 0 Å². The summed E-state index contributed by atoms with van der Waals surface area (Å²) < 4.78 is 11.8. The third-order valence-electron chi connectivity index (χ3n) is 4.85. The number of fused-ring (bicyclic) bond motifs is 1. The topological polar surface area (TPSA) is 79.8 Å². The molecule has 22 heavy (non-hydrogen) atoms. The molecule has 3 aliphatic rings. The van der Waals surface area contributed by atoms with Gasteiger partial charge in [-0.15, -0.1) is 0 Å². The van der Waals surface area contributed by atoms with Crippen molar-refractivity contribution in [3.05, 3.63) is 0 Å². The van der Waals surface area contributed by atoms with Gasteiger partial charge >= 0.3 is 0 Å². The van der Waals surface area contributed by atoms with E-state index in [4.69, 9.17) is 9.47 Å². The molecule has 3 fully saturated rings. The monoisotopic (exact) mass is 312 g/mol. The van der Waals surface area contributed by atoms with E-state index in [9.17, 15) is 9.90 Å². The number of carbonyl (C=O) groups is 1. The van der Waals surface area contributed by atoms with Gasteiger partial charge < -0.3 is 25.2 Å². The van der Waals surface area contributed by atoms with Gasteiger partial charge in [0, 0.05) is 25.0 Å². The lowest BCUT2D eigenvalue weighted by Crippen LogP contribution is -2.44. The van der Waals surface area contributed by atoms with Crippen LogP contribution in [0.4, 0.5) is 0 Å². The van der Waals surface area contributed by atoms with Crippen LogP contribution in [0.2, 0.25) is 0 Å². The molecule has 0 bridgehead atoms. The van der Waals surface area contributed by atoms with Crippen LogP contribution in [-0.2, 0) is 14.3 Å². The summed E-state index contributed by atoms with van der Waals surface area (Å²) >= 11 is 0. The minimum atomic E-state index is -0.601. The smallest absolute Gasteiger partial charge is 0.222 e. The molecule has 0 aromatic rings. The number of aliphatic hydroxyl groups is 1. The minimum absolute atomic E-state index is 0.00216. The first-order chi connectivity index (χ1) is 10.5. The lowest BCUT2D eigenvalue weighted by molar-refractivity contribution is -0.125. The minimum Gasteiger partial charge on any atom is -0.388 e. The first kappa shape index (κ1) is 16.2. The molecule has 5 atom stereocenters. The average Bonchev–Trinajstić information content (AvgIpc) is 2.87. The van der Waals surface area contributed by atoms with Crippen LogP contribution < -0.4 is 10.6 Å². The van der Waals surface area contributed by atoms with Crippen molar-refractivity contribution in [1.29, 1.82) is 0 Å². The fourth-order valence-electron chi connectivity index (χ4n) is 3.49. The Bertz CT molecular complexity index is 400. The molecule has 3 rings (SSSR count). The molecule has 3 N–H and O–H groups in total. The van der Waals surface area contributed by atoms with Gasteiger partial charge in [-0.3, -0.25) is 4.79 Å². The molecular formula is C16H28N2O4. The zero-order valence-electron chi connectivity index (χ0n) is 13.5. The summed E-state index contributed by atoms with van der Waals surface area (Å²) in [5.74, 6) is -0.00216. The van der Waals surface area contributed by atoms with E-state index in [0.29, 0.717) is 25.4 Å². The molecule has 0 spiro atoms. The molecule has 1 saturated carbocycles. The van der Waals surface area contributed by atoms with E-state index in [2.05, 4.69) is 10.6 Å². The maximum absolute atomic E-state index is 11.8. The number of amides is 1. The Hall–Kier alpha value is -0.690. The summed E-state index contributed by atoms with van der Waals surface area (Å²) in [5, 5.41) is 16.7. The molecule has 1 amide bonds. The standard InChI is InChI=1S/C16H28N2O4/c1-9(2)18-14(19)7-11-6-12-16(21-11)15(20)13(22-12)8-17-10-4-3-5-10/h9-13,15-17,20H,3-8H2,1-2H3,(H,18,19)/t11-,12+,13+,15+,16-/m0/s1. The number of rotatable bonds is 6. The highest BCUT2D eigenvalue weighted by Gasteiger charge is 2.50. The van der Waals surface area contributed by atoms with Gasteiger partial charge in [-0.25, -0.2) is 0 Å². The molecule has 0 aromatic carbocycles. The van der Waals surface area contributed by atoms with Gasteiger partial charge in [0.2, 0.25) is 5.91 Å². The Morgan fingerprint density at radius 2 is 2.09 bits per heavy atom. The van der Waals surface area contributed by atoms with Crippen molar-refractivity contribution in [3.63, 3.8) is 0 Å². The molecule has 0 unspecified atom stereocenters. The molecule has 2 heterocycles. The molecule has 6 nitrogen and oxygen atoms in total. The van der Waals surface area contributed by atoms with E-state index in [1.807, 2.05) is 13.8 Å². The van der Waals surface area contributed by atoms with Crippen molar-refractivity contribution >= 4 is 5.91 Å². The van der Waals surface area contributed by atoms with Gasteiger partial charge in [0.05, 0.1) is 24.7 Å². The van der Waals surface area contributed by atoms with Gasteiger partial charge in [-0.2, -0.15) is 0 Å². The van der Waals surface area contributed by atoms with E-state index < -0.39 is 6.10 Å². The summed E-state index contributed by atoms with van der Waals surface area (Å²) in [7, 11) is 0. The highest BCUT2D eigenvalue weighted by atomic mass is 16.6. The summed E-state index contributed by atoms with van der Waals surface area (Å²) in [6, 6.07) is 0.724. The highest BCUT2D eigenvalue weighted by molar-refractivity contribution is 5.76. The Labute approximate surface area is 131 Å². The van der Waals surface area contributed by atoms with E-state index in [1.165, 1.54) is 19.3 Å². The molecule has 2 aliphatic heterocycles. The van der Waals surface area contributed by atoms with E-state index in [0.717, 1.165) is 0 Å². The van der Waals surface area contributed by atoms with Crippen LogP contribution in [0.5, 0.6) is 0 Å². The fourth-order valence-corrected chi connectivity index (χ4v) is 3.49. The van der Waals surface area contributed by atoms with Crippen molar-refractivity contribution in [2.75, 3.05) is 6.54 Å². The normalized spacial score (nSPS) is 38.1. The zero-order valence-corrected chi connectivity index (χ0v) is 13.5. The molecule has 0 aromatic heterocycles. The first-order valence-corrected chi connectivity index (χ1v) is 8.54. The number of carbonyl (C=O) groups excluding carboxylic acids is 1. The van der Waals surface area contributed by atoms with Gasteiger partial charge in [0.25, 0.3) is 0 Å². The van der Waals surface area contributed by atoms with Crippen molar-refractivity contribution in [2.45, 2.75) is 88.6 Å². The number of nitrogens with one attached hydrogen (secondary N) is 2. The van der Waals surface area contributed by atoms with Crippen LogP contribution >= 0.6 is 0 Å². The van der Waals surface area contributed by atoms with Gasteiger partial charge in [-0.1, -0.05) is 6.42 Å². The maximum atomic E-state index is 11.8. The molecule has 6 heteroatoms. The molecule has 1 aliphatic carbocycles. The van der Waals surface area contributed by atoms with Crippen LogP contribution in [0.1, 0.15) is 46.0 Å². The van der Waals surface area contributed by atoms with E-state index in [1.54, 1.807) is 0 Å². The van der Waals surface area contributed by atoms with Crippen LogP contribution in [0.25, 0.3) is 0 Å². The second-order valence-corrected chi connectivity index (χ2v) is 7.12. The largest absolute Gasteiger partial charge is 0.388 e. The second kappa shape index (κ2) is 6.83. The Balaban J connectivity index is 1.43. The highest BCUT2D eigenvalue weighted by Crippen LogP contribution is 2.35. The van der Waals surface area contributed by atoms with Crippen LogP contribution in [0, 0.1) is 0 Å². The molecule has 126 valence electrons. The lowest BCUT2D eigenvalue weighted by atomic mass is 9.93. The van der Waals surface area contributed by atoms with Crippen molar-refractivity contribution in [2.24, 2.45) is 0 Å². The van der Waals surface area contributed by atoms with Crippen molar-refractivity contribution in [3.8, 4) is 0 Å². The Morgan fingerprint density at radius 3 is 2.68 bits per heavy atom. The first-order valence-electron chi connectivity index (χ1n) is 8.54. The van der Waals surface area contributed by atoms with Crippen LogP contribution in [0.15, 0.2) is 0 Å². The van der Waals surface area contributed by atoms with Gasteiger partial charge in [0.1, 0.15) is 12.2 Å². The average molecular weight is 312 g/mol. The Morgan fingerprint density at radius 1 is 1.32 bits per heavy atom. The third kappa shape index (κ3) is 3.62. The lowest BCUT2D eigenvalue weighted by Gasteiger charge is -2.29. The predicted octanol–water partition coefficient (Wildman–Crippen LogP) is 0.329. The number of aliphatic hydroxyl groups excluding tert-OH is 1. The predicted molar refractivity (Wildman–Crippen MR) is 81.5 cm³/mol. The molecular weight excluding hydrogens is 284 g/mol.